The molecule has 0 fully saturated rings. The number of carbonyl (C=O) groups is 1. The highest BCUT2D eigenvalue weighted by Crippen LogP contribution is 2.25. The van der Waals surface area contributed by atoms with E-state index >= 15 is 0 Å². The molecule has 3 N–H and O–H groups in total. The minimum Gasteiger partial charge on any atom is -0.457 e. The van der Waals surface area contributed by atoms with Crippen molar-refractivity contribution < 1.29 is 9.53 Å². The lowest BCUT2D eigenvalue weighted by Crippen LogP contribution is -2.12. The zero-order valence-electron chi connectivity index (χ0n) is 11.4. The quantitative estimate of drug-likeness (QED) is 0.848. The molecule has 1 amide bonds. The van der Waals surface area contributed by atoms with Gasteiger partial charge in [-0.05, 0) is 36.4 Å². The SMILES string of the molecule is CCNCc1ccc(Oc2ccccc2C(N)=O)cc1. The number of ether oxygens (including phenoxy) is 1. The molecule has 2 aromatic carbocycles. The first kappa shape index (κ1) is 14.1. The summed E-state index contributed by atoms with van der Waals surface area (Å²) in [6.45, 7) is 3.83. The van der Waals surface area contributed by atoms with Crippen molar-refractivity contribution in [1.29, 1.82) is 0 Å². The summed E-state index contributed by atoms with van der Waals surface area (Å²) in [5, 5.41) is 3.26. The number of benzene rings is 2. The van der Waals surface area contributed by atoms with Crippen molar-refractivity contribution in [2.45, 2.75) is 13.5 Å². The molecule has 0 saturated heterocycles. The highest BCUT2D eigenvalue weighted by atomic mass is 16.5. The summed E-state index contributed by atoms with van der Waals surface area (Å²) in [6, 6.07) is 14.7. The number of hydrogen-bond donors (Lipinski definition) is 2. The maximum absolute atomic E-state index is 11.3. The smallest absolute Gasteiger partial charge is 0.252 e. The Balaban J connectivity index is 2.12. The van der Waals surface area contributed by atoms with Crippen molar-refractivity contribution in [3.8, 4) is 11.5 Å². The van der Waals surface area contributed by atoms with Gasteiger partial charge in [0.05, 0.1) is 5.56 Å². The Bertz CT molecular complexity index is 579. The second-order valence-corrected chi connectivity index (χ2v) is 4.39. The monoisotopic (exact) mass is 270 g/mol. The lowest BCUT2D eigenvalue weighted by atomic mass is 10.2. The van der Waals surface area contributed by atoms with Gasteiger partial charge in [-0.25, -0.2) is 0 Å². The molecule has 0 aliphatic heterocycles. The molecule has 20 heavy (non-hydrogen) atoms. The van der Waals surface area contributed by atoms with Crippen LogP contribution in [-0.2, 0) is 6.54 Å². The molecule has 4 heteroatoms. The Morgan fingerprint density at radius 1 is 1.15 bits per heavy atom. The van der Waals surface area contributed by atoms with Crippen LogP contribution in [0, 0.1) is 0 Å². The third-order valence-electron chi connectivity index (χ3n) is 2.88. The maximum atomic E-state index is 11.3. The van der Waals surface area contributed by atoms with Gasteiger partial charge < -0.3 is 15.8 Å². The van der Waals surface area contributed by atoms with Crippen molar-refractivity contribution >= 4 is 5.91 Å². The zero-order chi connectivity index (χ0) is 14.4. The zero-order valence-corrected chi connectivity index (χ0v) is 11.4. The minimum absolute atomic E-state index is 0.379. The van der Waals surface area contributed by atoms with E-state index in [0.29, 0.717) is 17.1 Å². The molecule has 0 aliphatic carbocycles. The van der Waals surface area contributed by atoms with Gasteiger partial charge in [-0.1, -0.05) is 31.2 Å². The highest BCUT2D eigenvalue weighted by Gasteiger charge is 2.08. The van der Waals surface area contributed by atoms with Crippen molar-refractivity contribution in [2.75, 3.05) is 6.54 Å². The number of para-hydroxylation sites is 1. The van der Waals surface area contributed by atoms with E-state index in [0.717, 1.165) is 13.1 Å². The molecule has 0 aromatic heterocycles. The topological polar surface area (TPSA) is 64.3 Å². The van der Waals surface area contributed by atoms with Crippen LogP contribution in [0.1, 0.15) is 22.8 Å². The van der Waals surface area contributed by atoms with E-state index in [1.807, 2.05) is 24.3 Å². The summed E-state index contributed by atoms with van der Waals surface area (Å²) in [4.78, 5) is 11.3. The molecule has 0 unspecified atom stereocenters. The van der Waals surface area contributed by atoms with Crippen LogP contribution in [0.4, 0.5) is 0 Å². The third-order valence-corrected chi connectivity index (χ3v) is 2.88. The van der Waals surface area contributed by atoms with Crippen molar-refractivity contribution in [3.63, 3.8) is 0 Å². The lowest BCUT2D eigenvalue weighted by Gasteiger charge is -2.09. The van der Waals surface area contributed by atoms with Crippen LogP contribution in [0.5, 0.6) is 11.5 Å². The number of amides is 1. The van der Waals surface area contributed by atoms with E-state index < -0.39 is 5.91 Å². The number of hydrogen-bond acceptors (Lipinski definition) is 3. The predicted molar refractivity (Wildman–Crippen MR) is 78.9 cm³/mol. The number of nitrogens with two attached hydrogens (primary N) is 1. The van der Waals surface area contributed by atoms with E-state index in [-0.39, 0.29) is 0 Å². The third kappa shape index (κ3) is 3.59. The van der Waals surface area contributed by atoms with Crippen LogP contribution in [0.15, 0.2) is 48.5 Å². The average Bonchev–Trinajstić information content (AvgIpc) is 2.47. The van der Waals surface area contributed by atoms with Crippen LogP contribution in [0.2, 0.25) is 0 Å². The Morgan fingerprint density at radius 2 is 1.85 bits per heavy atom. The van der Waals surface area contributed by atoms with Crippen LogP contribution in [0.25, 0.3) is 0 Å². The predicted octanol–water partition coefficient (Wildman–Crippen LogP) is 2.69. The summed E-state index contributed by atoms with van der Waals surface area (Å²) in [7, 11) is 0. The number of carbonyl (C=O) groups excluding carboxylic acids is 1. The van der Waals surface area contributed by atoms with Crippen molar-refractivity contribution in [2.24, 2.45) is 5.73 Å². The molecular weight excluding hydrogens is 252 g/mol. The first-order valence-corrected chi connectivity index (χ1v) is 6.57. The van der Waals surface area contributed by atoms with Gasteiger partial charge in [-0.2, -0.15) is 0 Å². The highest BCUT2D eigenvalue weighted by molar-refractivity contribution is 5.95. The van der Waals surface area contributed by atoms with E-state index in [2.05, 4.69) is 12.2 Å². The van der Waals surface area contributed by atoms with E-state index in [9.17, 15) is 4.79 Å². The number of rotatable bonds is 6. The molecule has 2 rings (SSSR count). The van der Waals surface area contributed by atoms with E-state index in [1.165, 1.54) is 5.56 Å². The van der Waals surface area contributed by atoms with Gasteiger partial charge in [0.25, 0.3) is 5.91 Å². The lowest BCUT2D eigenvalue weighted by molar-refractivity contribution is 0.0998. The van der Waals surface area contributed by atoms with Crippen LogP contribution < -0.4 is 15.8 Å². The first-order valence-electron chi connectivity index (χ1n) is 6.57. The van der Waals surface area contributed by atoms with Gasteiger partial charge >= 0.3 is 0 Å². The minimum atomic E-state index is -0.496. The molecule has 0 radical (unpaired) electrons. The maximum Gasteiger partial charge on any atom is 0.252 e. The first-order chi connectivity index (χ1) is 9.70. The molecule has 104 valence electrons. The Kier molecular flexibility index (Phi) is 4.74. The fourth-order valence-corrected chi connectivity index (χ4v) is 1.83. The normalized spacial score (nSPS) is 10.2. The van der Waals surface area contributed by atoms with Gasteiger partial charge in [0.2, 0.25) is 0 Å². The average molecular weight is 270 g/mol. The van der Waals surface area contributed by atoms with Crippen LogP contribution >= 0.6 is 0 Å². The Labute approximate surface area is 118 Å². The molecule has 0 saturated carbocycles. The van der Waals surface area contributed by atoms with Gasteiger partial charge in [0.15, 0.2) is 0 Å². The standard InChI is InChI=1S/C16H18N2O2/c1-2-18-11-12-7-9-13(10-8-12)20-15-6-4-3-5-14(15)16(17)19/h3-10,18H,2,11H2,1H3,(H2,17,19). The van der Waals surface area contributed by atoms with Gasteiger partial charge in [0.1, 0.15) is 11.5 Å². The molecule has 0 atom stereocenters. The van der Waals surface area contributed by atoms with Crippen LogP contribution in [-0.4, -0.2) is 12.5 Å². The molecule has 4 nitrogen and oxygen atoms in total. The van der Waals surface area contributed by atoms with Gasteiger partial charge in [0, 0.05) is 6.54 Å². The van der Waals surface area contributed by atoms with Gasteiger partial charge in [-0.3, -0.25) is 4.79 Å². The largest absolute Gasteiger partial charge is 0.457 e. The fraction of sp³-hybridized carbons (Fsp3) is 0.188. The second kappa shape index (κ2) is 6.73. The summed E-state index contributed by atoms with van der Waals surface area (Å²) in [6.07, 6.45) is 0. The fourth-order valence-electron chi connectivity index (χ4n) is 1.83. The van der Waals surface area contributed by atoms with Crippen molar-refractivity contribution in [1.82, 2.24) is 5.32 Å². The number of nitrogens with one attached hydrogen (secondary N) is 1. The molecular formula is C16H18N2O2. The van der Waals surface area contributed by atoms with E-state index in [4.69, 9.17) is 10.5 Å². The van der Waals surface area contributed by atoms with Crippen LogP contribution in [0.3, 0.4) is 0 Å². The molecule has 0 heterocycles. The Hall–Kier alpha value is -2.33. The van der Waals surface area contributed by atoms with Gasteiger partial charge in [-0.15, -0.1) is 0 Å². The molecule has 0 spiro atoms. The molecule has 0 bridgehead atoms. The second-order valence-electron chi connectivity index (χ2n) is 4.39. The Morgan fingerprint density at radius 3 is 2.50 bits per heavy atom. The molecule has 2 aromatic rings. The van der Waals surface area contributed by atoms with E-state index in [1.54, 1.807) is 24.3 Å². The summed E-state index contributed by atoms with van der Waals surface area (Å²) in [5.41, 5.74) is 6.88. The molecule has 0 aliphatic rings. The number of primary amides is 1. The summed E-state index contributed by atoms with van der Waals surface area (Å²) < 4.78 is 5.71. The summed E-state index contributed by atoms with van der Waals surface area (Å²) >= 11 is 0. The van der Waals surface area contributed by atoms with Crippen molar-refractivity contribution in [3.05, 3.63) is 59.7 Å². The summed E-state index contributed by atoms with van der Waals surface area (Å²) in [5.74, 6) is 0.655.